The molecule has 3 nitrogen and oxygen atoms in total. The Morgan fingerprint density at radius 2 is 1.96 bits per heavy atom. The third-order valence-corrected chi connectivity index (χ3v) is 4.75. The minimum absolute atomic E-state index is 0.907. The predicted octanol–water partition coefficient (Wildman–Crippen LogP) is 4.29. The molecule has 3 heterocycles. The van der Waals surface area contributed by atoms with Gasteiger partial charge in [-0.1, -0.05) is 12.1 Å². The number of benzene rings is 2. The number of pyridine rings is 2. The fourth-order valence-corrected chi connectivity index (χ4v) is 3.66. The molecule has 0 unspecified atom stereocenters. The van der Waals surface area contributed by atoms with Crippen LogP contribution in [0.25, 0.3) is 32.8 Å². The Balaban J connectivity index is 2.02. The lowest BCUT2D eigenvalue weighted by atomic mass is 9.93. The smallest absolute Gasteiger partial charge is 0.228 e. The summed E-state index contributed by atoms with van der Waals surface area (Å²) in [5, 5.41) is 4.72. The molecule has 5 rings (SSSR count). The van der Waals surface area contributed by atoms with Crippen molar-refractivity contribution in [2.45, 2.75) is 6.92 Å². The second-order valence-electron chi connectivity index (χ2n) is 6.07. The molecule has 1 aliphatic heterocycles. The van der Waals surface area contributed by atoms with Crippen LogP contribution >= 0.6 is 0 Å². The van der Waals surface area contributed by atoms with Crippen LogP contribution in [0.3, 0.4) is 0 Å². The molecule has 0 spiro atoms. The fraction of sp³-hybridized carbons (Fsp3) is 0.100. The summed E-state index contributed by atoms with van der Waals surface area (Å²) >= 11 is 0. The molecule has 0 N–H and O–H groups in total. The molecule has 2 aromatic heterocycles. The van der Waals surface area contributed by atoms with Crippen LogP contribution in [-0.2, 0) is 7.05 Å². The Labute approximate surface area is 133 Å². The zero-order chi connectivity index (χ0) is 15.6. The van der Waals surface area contributed by atoms with Gasteiger partial charge in [0.25, 0.3) is 0 Å². The van der Waals surface area contributed by atoms with E-state index in [1.807, 2.05) is 24.5 Å². The topological polar surface area (TPSA) is 26.0 Å². The summed E-state index contributed by atoms with van der Waals surface area (Å²) in [6.07, 6.45) is 5.86. The average molecular weight is 299 g/mol. The van der Waals surface area contributed by atoms with E-state index >= 15 is 0 Å². The van der Waals surface area contributed by atoms with Crippen LogP contribution in [0.15, 0.2) is 55.0 Å². The summed E-state index contributed by atoms with van der Waals surface area (Å²) in [6, 6.07) is 12.5. The highest BCUT2D eigenvalue weighted by Gasteiger charge is 2.29. The maximum Gasteiger partial charge on any atom is 0.228 e. The van der Waals surface area contributed by atoms with E-state index in [0.717, 1.165) is 16.9 Å². The van der Waals surface area contributed by atoms with Crippen molar-refractivity contribution < 1.29 is 9.30 Å². The number of nitrogens with zero attached hydrogens (tertiary/aromatic N) is 2. The first-order valence-electron chi connectivity index (χ1n) is 7.71. The van der Waals surface area contributed by atoms with Crippen molar-refractivity contribution in [2.24, 2.45) is 7.05 Å². The lowest BCUT2D eigenvalue weighted by Gasteiger charge is -2.21. The minimum atomic E-state index is 0.907. The Morgan fingerprint density at radius 3 is 2.87 bits per heavy atom. The first-order valence-corrected chi connectivity index (χ1v) is 7.71. The van der Waals surface area contributed by atoms with Crippen LogP contribution in [0.5, 0.6) is 11.5 Å². The molecule has 0 fully saturated rings. The molecular weight excluding hydrogens is 284 g/mol. The van der Waals surface area contributed by atoms with E-state index in [1.54, 1.807) is 0 Å². The second-order valence-corrected chi connectivity index (χ2v) is 6.07. The van der Waals surface area contributed by atoms with Gasteiger partial charge < -0.3 is 4.74 Å². The average Bonchev–Trinajstić information content (AvgIpc) is 2.57. The van der Waals surface area contributed by atoms with Gasteiger partial charge in [-0.25, -0.2) is 4.57 Å². The van der Waals surface area contributed by atoms with Crippen LogP contribution < -0.4 is 9.30 Å². The van der Waals surface area contributed by atoms with E-state index in [9.17, 15) is 0 Å². The van der Waals surface area contributed by atoms with Crippen LogP contribution in [-0.4, -0.2) is 4.98 Å². The summed E-state index contributed by atoms with van der Waals surface area (Å²) in [6.45, 7) is 2.16. The quantitative estimate of drug-likeness (QED) is 0.399. The highest BCUT2D eigenvalue weighted by atomic mass is 16.5. The summed E-state index contributed by atoms with van der Waals surface area (Å²) in [4.78, 5) is 4.24. The summed E-state index contributed by atoms with van der Waals surface area (Å²) in [5.74, 6) is 1.83. The third kappa shape index (κ3) is 1.59. The lowest BCUT2D eigenvalue weighted by molar-refractivity contribution is -0.659. The normalized spacial score (nSPS) is 12.3. The van der Waals surface area contributed by atoms with Crippen molar-refractivity contribution >= 4 is 21.5 Å². The van der Waals surface area contributed by atoms with Crippen molar-refractivity contribution in [3.05, 3.63) is 60.6 Å². The van der Waals surface area contributed by atoms with Gasteiger partial charge >= 0.3 is 0 Å². The number of fused-ring (bicyclic) bond motifs is 3. The first-order chi connectivity index (χ1) is 11.2. The molecule has 0 aliphatic carbocycles. The van der Waals surface area contributed by atoms with E-state index in [1.165, 1.54) is 33.0 Å². The van der Waals surface area contributed by atoms with Gasteiger partial charge in [0.15, 0.2) is 6.20 Å². The molecule has 0 bridgehead atoms. The largest absolute Gasteiger partial charge is 0.456 e. The third-order valence-electron chi connectivity index (χ3n) is 4.75. The van der Waals surface area contributed by atoms with Gasteiger partial charge in [0.1, 0.15) is 18.5 Å². The number of ether oxygens (including phenoxy) is 1. The number of aromatic nitrogens is 2. The minimum Gasteiger partial charge on any atom is -0.456 e. The van der Waals surface area contributed by atoms with Crippen molar-refractivity contribution in [3.63, 3.8) is 0 Å². The second kappa shape index (κ2) is 4.29. The van der Waals surface area contributed by atoms with Gasteiger partial charge in [-0.3, -0.25) is 4.98 Å². The summed E-state index contributed by atoms with van der Waals surface area (Å²) < 4.78 is 8.44. The summed E-state index contributed by atoms with van der Waals surface area (Å²) in [7, 11) is 2.09. The molecule has 0 atom stereocenters. The molecule has 3 heteroatoms. The Hall–Kier alpha value is -2.94. The van der Waals surface area contributed by atoms with Crippen molar-refractivity contribution in [1.82, 2.24) is 4.98 Å². The van der Waals surface area contributed by atoms with Gasteiger partial charge in [0, 0.05) is 23.8 Å². The molecule has 2 aromatic carbocycles. The first kappa shape index (κ1) is 12.6. The maximum atomic E-state index is 6.25. The molecule has 0 radical (unpaired) electrons. The zero-order valence-corrected chi connectivity index (χ0v) is 13.0. The van der Waals surface area contributed by atoms with Gasteiger partial charge in [-0.2, -0.15) is 0 Å². The molecule has 0 amide bonds. The highest BCUT2D eigenvalue weighted by Crippen LogP contribution is 2.47. The lowest BCUT2D eigenvalue weighted by Crippen LogP contribution is -2.31. The Bertz CT molecular complexity index is 1120. The van der Waals surface area contributed by atoms with Crippen LogP contribution in [0.2, 0.25) is 0 Å². The summed E-state index contributed by atoms with van der Waals surface area (Å²) in [5.41, 5.74) is 3.63. The van der Waals surface area contributed by atoms with E-state index in [2.05, 4.69) is 54.0 Å². The standard InChI is InChI=1S/C20H15N2O/c1-12-15-6-8-21-11-14(15)10-17-18(12)20-19-13(7-9-22(20)2)4-3-5-16(19)23-17/h3-11H,1-2H3/q+1. The molecule has 110 valence electrons. The van der Waals surface area contributed by atoms with E-state index < -0.39 is 0 Å². The Kier molecular flexibility index (Phi) is 2.35. The van der Waals surface area contributed by atoms with Crippen molar-refractivity contribution in [1.29, 1.82) is 0 Å². The number of rotatable bonds is 0. The molecule has 4 aromatic rings. The predicted molar refractivity (Wildman–Crippen MR) is 90.7 cm³/mol. The molecule has 1 aliphatic rings. The van der Waals surface area contributed by atoms with Crippen LogP contribution in [0.1, 0.15) is 5.56 Å². The van der Waals surface area contributed by atoms with Gasteiger partial charge in [0.05, 0.1) is 10.9 Å². The van der Waals surface area contributed by atoms with Crippen LogP contribution in [0.4, 0.5) is 0 Å². The zero-order valence-electron chi connectivity index (χ0n) is 13.0. The van der Waals surface area contributed by atoms with E-state index in [0.29, 0.717) is 0 Å². The van der Waals surface area contributed by atoms with Gasteiger partial charge in [-0.15, -0.1) is 0 Å². The molecule has 23 heavy (non-hydrogen) atoms. The fourth-order valence-electron chi connectivity index (χ4n) is 3.66. The van der Waals surface area contributed by atoms with Crippen molar-refractivity contribution in [3.8, 4) is 22.8 Å². The maximum absolute atomic E-state index is 6.25. The highest BCUT2D eigenvalue weighted by molar-refractivity contribution is 6.04. The molecule has 0 saturated carbocycles. The SMILES string of the molecule is Cc1c2c(cc3cnccc13)Oc1cccc3cc[n+](C)c-2c13. The van der Waals surface area contributed by atoms with E-state index in [-0.39, 0.29) is 0 Å². The Morgan fingerprint density at radius 1 is 1.04 bits per heavy atom. The molecular formula is C20H15N2O+. The number of aryl methyl sites for hydroxylation is 2. The molecule has 0 saturated heterocycles. The van der Waals surface area contributed by atoms with Crippen molar-refractivity contribution in [2.75, 3.05) is 0 Å². The van der Waals surface area contributed by atoms with Gasteiger partial charge in [-0.05, 0) is 41.5 Å². The van der Waals surface area contributed by atoms with Gasteiger partial charge in [0.2, 0.25) is 5.69 Å². The monoisotopic (exact) mass is 299 g/mol. The van der Waals surface area contributed by atoms with E-state index in [4.69, 9.17) is 4.74 Å². The van der Waals surface area contributed by atoms with Crippen LogP contribution in [0, 0.1) is 6.92 Å². The number of hydrogen-bond acceptors (Lipinski definition) is 2. The number of hydrogen-bond donors (Lipinski definition) is 0.